The quantitative estimate of drug-likeness (QED) is 0.930. The lowest BCUT2D eigenvalue weighted by Crippen LogP contribution is -2.26. The average Bonchev–Trinajstić information content (AvgIpc) is 2.91. The Bertz CT molecular complexity index is 547. The summed E-state index contributed by atoms with van der Waals surface area (Å²) in [6.45, 7) is 2.18. The van der Waals surface area contributed by atoms with Gasteiger partial charge in [-0.2, -0.15) is 0 Å². The van der Waals surface area contributed by atoms with Gasteiger partial charge in [0, 0.05) is 17.5 Å². The van der Waals surface area contributed by atoms with Gasteiger partial charge < -0.3 is 5.32 Å². The van der Waals surface area contributed by atoms with Crippen LogP contribution < -0.4 is 5.32 Å². The van der Waals surface area contributed by atoms with E-state index in [0.29, 0.717) is 12.3 Å². The molecule has 0 spiro atoms. The van der Waals surface area contributed by atoms with E-state index in [-0.39, 0.29) is 5.82 Å². The Morgan fingerprint density at radius 3 is 2.84 bits per heavy atom. The molecule has 4 heteroatoms. The van der Waals surface area contributed by atoms with Crippen molar-refractivity contribution < 1.29 is 4.39 Å². The Kier molecular flexibility index (Phi) is 3.89. The molecule has 2 aromatic rings. The summed E-state index contributed by atoms with van der Waals surface area (Å²) >= 11 is 1.74. The van der Waals surface area contributed by atoms with Gasteiger partial charge in [-0.05, 0) is 43.5 Å². The maximum absolute atomic E-state index is 13.6. The van der Waals surface area contributed by atoms with Gasteiger partial charge in [-0.15, -0.1) is 11.3 Å². The van der Waals surface area contributed by atoms with Crippen molar-refractivity contribution in [3.8, 4) is 0 Å². The second kappa shape index (κ2) is 5.80. The van der Waals surface area contributed by atoms with E-state index in [0.717, 1.165) is 23.7 Å². The van der Waals surface area contributed by atoms with Gasteiger partial charge in [0.2, 0.25) is 0 Å². The molecule has 0 radical (unpaired) electrons. The van der Waals surface area contributed by atoms with Crippen LogP contribution in [0, 0.1) is 5.82 Å². The average molecular weight is 276 g/mol. The van der Waals surface area contributed by atoms with E-state index < -0.39 is 0 Å². The van der Waals surface area contributed by atoms with E-state index in [4.69, 9.17) is 0 Å². The molecule has 3 rings (SSSR count). The number of thiazole rings is 1. The Balaban J connectivity index is 1.73. The SMILES string of the molecule is Fc1ccccc1Cc1ncc(C2CCNCC2)s1. The highest BCUT2D eigenvalue weighted by molar-refractivity contribution is 7.11. The molecule has 2 nitrogen and oxygen atoms in total. The van der Waals surface area contributed by atoms with E-state index in [2.05, 4.69) is 10.3 Å². The smallest absolute Gasteiger partial charge is 0.126 e. The minimum atomic E-state index is -0.138. The molecule has 0 bridgehead atoms. The van der Waals surface area contributed by atoms with Gasteiger partial charge in [0.25, 0.3) is 0 Å². The molecule has 100 valence electrons. The highest BCUT2D eigenvalue weighted by atomic mass is 32.1. The fraction of sp³-hybridized carbons (Fsp3) is 0.400. The number of nitrogens with zero attached hydrogens (tertiary/aromatic N) is 1. The van der Waals surface area contributed by atoms with Crippen LogP contribution >= 0.6 is 11.3 Å². The van der Waals surface area contributed by atoms with E-state index in [1.807, 2.05) is 18.3 Å². The summed E-state index contributed by atoms with van der Waals surface area (Å²) in [5.41, 5.74) is 0.730. The van der Waals surface area contributed by atoms with E-state index >= 15 is 0 Å². The lowest BCUT2D eigenvalue weighted by molar-refractivity contribution is 0.465. The highest BCUT2D eigenvalue weighted by Gasteiger charge is 2.18. The lowest BCUT2D eigenvalue weighted by atomic mass is 9.97. The molecule has 1 aliphatic heterocycles. The third kappa shape index (κ3) is 3.01. The number of hydrogen-bond acceptors (Lipinski definition) is 3. The molecule has 0 amide bonds. The predicted molar refractivity (Wildman–Crippen MR) is 76.2 cm³/mol. The van der Waals surface area contributed by atoms with Gasteiger partial charge in [-0.1, -0.05) is 18.2 Å². The largest absolute Gasteiger partial charge is 0.317 e. The molecule has 0 saturated carbocycles. The Morgan fingerprint density at radius 2 is 2.05 bits per heavy atom. The molecule has 1 aromatic carbocycles. The molecular formula is C15H17FN2S. The van der Waals surface area contributed by atoms with Crippen molar-refractivity contribution >= 4 is 11.3 Å². The van der Waals surface area contributed by atoms with Crippen molar-refractivity contribution in [2.45, 2.75) is 25.2 Å². The first-order chi connectivity index (χ1) is 9.33. The van der Waals surface area contributed by atoms with E-state index in [1.54, 1.807) is 17.4 Å². The first-order valence-corrected chi connectivity index (χ1v) is 7.53. The summed E-state index contributed by atoms with van der Waals surface area (Å²) in [5, 5.41) is 4.39. The number of benzene rings is 1. The molecule has 0 atom stereocenters. The standard InChI is InChI=1S/C15H17FN2S/c16-13-4-2-1-3-12(13)9-15-18-10-14(19-15)11-5-7-17-8-6-11/h1-4,10-11,17H,5-9H2. The minimum Gasteiger partial charge on any atom is -0.317 e. The van der Waals surface area contributed by atoms with Crippen molar-refractivity contribution in [2.24, 2.45) is 0 Å². The third-order valence-electron chi connectivity index (χ3n) is 3.61. The van der Waals surface area contributed by atoms with Crippen LogP contribution in [-0.2, 0) is 6.42 Å². The Labute approximate surface area is 116 Å². The monoisotopic (exact) mass is 276 g/mol. The van der Waals surface area contributed by atoms with Crippen LogP contribution in [0.3, 0.4) is 0 Å². The van der Waals surface area contributed by atoms with Crippen molar-refractivity contribution in [3.05, 3.63) is 51.7 Å². The second-order valence-corrected chi connectivity index (χ2v) is 6.10. The van der Waals surface area contributed by atoms with Crippen molar-refractivity contribution in [1.29, 1.82) is 0 Å². The minimum absolute atomic E-state index is 0.138. The maximum Gasteiger partial charge on any atom is 0.126 e. The van der Waals surface area contributed by atoms with Gasteiger partial charge >= 0.3 is 0 Å². The van der Waals surface area contributed by atoms with Gasteiger partial charge in [-0.3, -0.25) is 0 Å². The van der Waals surface area contributed by atoms with E-state index in [1.165, 1.54) is 23.8 Å². The van der Waals surface area contributed by atoms with Crippen molar-refractivity contribution in [1.82, 2.24) is 10.3 Å². The molecule has 0 unspecified atom stereocenters. The maximum atomic E-state index is 13.6. The molecule has 2 heterocycles. The number of rotatable bonds is 3. The topological polar surface area (TPSA) is 24.9 Å². The lowest BCUT2D eigenvalue weighted by Gasteiger charge is -2.20. The first kappa shape index (κ1) is 12.8. The normalized spacial score (nSPS) is 16.7. The van der Waals surface area contributed by atoms with Crippen LogP contribution in [0.2, 0.25) is 0 Å². The zero-order chi connectivity index (χ0) is 13.1. The molecular weight excluding hydrogens is 259 g/mol. The van der Waals surface area contributed by atoms with Gasteiger partial charge in [0.05, 0.1) is 5.01 Å². The fourth-order valence-electron chi connectivity index (χ4n) is 2.51. The number of aromatic nitrogens is 1. The summed E-state index contributed by atoms with van der Waals surface area (Å²) in [6.07, 6.45) is 4.95. The molecule has 1 aromatic heterocycles. The summed E-state index contributed by atoms with van der Waals surface area (Å²) in [5.74, 6) is 0.495. The van der Waals surface area contributed by atoms with Crippen LogP contribution in [0.4, 0.5) is 4.39 Å². The molecule has 1 fully saturated rings. The summed E-state index contributed by atoms with van der Waals surface area (Å²) in [4.78, 5) is 5.81. The molecule has 0 aliphatic carbocycles. The number of piperidine rings is 1. The number of halogens is 1. The van der Waals surface area contributed by atoms with Gasteiger partial charge in [0.15, 0.2) is 0 Å². The van der Waals surface area contributed by atoms with Gasteiger partial charge in [-0.25, -0.2) is 9.37 Å². The summed E-state index contributed by atoms with van der Waals surface area (Å²) in [7, 11) is 0. The second-order valence-electron chi connectivity index (χ2n) is 4.95. The third-order valence-corrected chi connectivity index (χ3v) is 4.77. The zero-order valence-electron chi connectivity index (χ0n) is 10.7. The van der Waals surface area contributed by atoms with E-state index in [9.17, 15) is 4.39 Å². The van der Waals surface area contributed by atoms with Gasteiger partial charge in [0.1, 0.15) is 5.82 Å². The Morgan fingerprint density at radius 1 is 1.26 bits per heavy atom. The van der Waals surface area contributed by atoms with Crippen LogP contribution in [0.5, 0.6) is 0 Å². The molecule has 19 heavy (non-hydrogen) atoms. The zero-order valence-corrected chi connectivity index (χ0v) is 11.5. The summed E-state index contributed by atoms with van der Waals surface area (Å²) < 4.78 is 13.6. The molecule has 1 N–H and O–H groups in total. The highest BCUT2D eigenvalue weighted by Crippen LogP contribution is 2.30. The molecule has 1 aliphatic rings. The van der Waals surface area contributed by atoms with Crippen LogP contribution in [0.15, 0.2) is 30.5 Å². The van der Waals surface area contributed by atoms with Crippen molar-refractivity contribution in [3.63, 3.8) is 0 Å². The molecule has 1 saturated heterocycles. The summed E-state index contributed by atoms with van der Waals surface area (Å²) in [6, 6.07) is 6.94. The van der Waals surface area contributed by atoms with Crippen LogP contribution in [0.1, 0.15) is 34.2 Å². The first-order valence-electron chi connectivity index (χ1n) is 6.71. The number of nitrogens with one attached hydrogen (secondary N) is 1. The van der Waals surface area contributed by atoms with Crippen LogP contribution in [0.25, 0.3) is 0 Å². The number of hydrogen-bond donors (Lipinski definition) is 1. The van der Waals surface area contributed by atoms with Crippen LogP contribution in [-0.4, -0.2) is 18.1 Å². The van der Waals surface area contributed by atoms with Crippen molar-refractivity contribution in [2.75, 3.05) is 13.1 Å². The Hall–Kier alpha value is -1.26. The predicted octanol–water partition coefficient (Wildman–Crippen LogP) is 3.34. The fourth-order valence-corrected chi connectivity index (χ4v) is 3.62.